The fourth-order valence-corrected chi connectivity index (χ4v) is 8.60. The molecule has 0 bridgehead atoms. The Bertz CT molecular complexity index is 1970. The first-order chi connectivity index (χ1) is 25.0. The smallest absolute Gasteiger partial charge is 0.409 e. The maximum atomic E-state index is 6.49. The Morgan fingerprint density at radius 2 is 0.750 bits per heavy atom. The van der Waals surface area contributed by atoms with Crippen LogP contribution in [0.1, 0.15) is 60.1 Å². The minimum Gasteiger partial charge on any atom is -0.409 e. The van der Waals surface area contributed by atoms with E-state index < -0.39 is 17.2 Å². The molecule has 6 nitrogen and oxygen atoms in total. The standard InChI is InChI=1S/C44H46O6P2/c1-29-13-9-14-30(2)41(29)47-51(48-42-31(3)15-10-16-32(42)4)45-39-25-21-37(22-26-39)38-23-27-40(28-24-38)46-52(49-43-33(5)17-11-18-34(43)6)50-44-35(7)19-12-20-36(44)8/h9-11,13-19,21-28H,12,20H2,1-8H3. The molecule has 0 heterocycles. The molecule has 52 heavy (non-hydrogen) atoms. The normalized spacial score (nSPS) is 13.4. The van der Waals surface area contributed by atoms with Gasteiger partial charge in [0.05, 0.1) is 0 Å². The molecule has 1 atom stereocenters. The summed E-state index contributed by atoms with van der Waals surface area (Å²) < 4.78 is 38.7. The lowest BCUT2D eigenvalue weighted by Crippen LogP contribution is -2.06. The summed E-state index contributed by atoms with van der Waals surface area (Å²) in [4.78, 5) is 0. The van der Waals surface area contributed by atoms with E-state index in [-0.39, 0.29) is 0 Å². The molecule has 268 valence electrons. The van der Waals surface area contributed by atoms with Crippen LogP contribution in [0.4, 0.5) is 0 Å². The van der Waals surface area contributed by atoms with Crippen molar-refractivity contribution in [2.24, 2.45) is 0 Å². The van der Waals surface area contributed by atoms with Crippen LogP contribution in [-0.2, 0) is 4.52 Å². The van der Waals surface area contributed by atoms with Gasteiger partial charge in [-0.15, -0.1) is 0 Å². The third-order valence-electron chi connectivity index (χ3n) is 9.01. The largest absolute Gasteiger partial charge is 0.530 e. The van der Waals surface area contributed by atoms with Crippen molar-refractivity contribution in [1.29, 1.82) is 0 Å². The molecule has 1 aliphatic carbocycles. The van der Waals surface area contributed by atoms with Gasteiger partial charge in [0.15, 0.2) is 0 Å². The van der Waals surface area contributed by atoms with Gasteiger partial charge >= 0.3 is 17.2 Å². The van der Waals surface area contributed by atoms with Crippen LogP contribution in [0, 0.1) is 41.5 Å². The van der Waals surface area contributed by atoms with E-state index in [9.17, 15) is 0 Å². The predicted molar refractivity (Wildman–Crippen MR) is 213 cm³/mol. The van der Waals surface area contributed by atoms with Crippen molar-refractivity contribution in [2.75, 3.05) is 0 Å². The van der Waals surface area contributed by atoms with E-state index in [1.54, 1.807) is 0 Å². The van der Waals surface area contributed by atoms with Gasteiger partial charge in [-0.3, -0.25) is 0 Å². The Morgan fingerprint density at radius 1 is 0.404 bits per heavy atom. The average molecular weight is 733 g/mol. The van der Waals surface area contributed by atoms with E-state index in [0.29, 0.717) is 11.5 Å². The molecular formula is C44H46O6P2. The fraction of sp³-hybridized carbons (Fsp3) is 0.227. The number of hydrogen-bond donors (Lipinski definition) is 0. The second-order valence-electron chi connectivity index (χ2n) is 13.2. The van der Waals surface area contributed by atoms with Gasteiger partial charge < -0.3 is 27.1 Å². The molecule has 1 unspecified atom stereocenters. The van der Waals surface area contributed by atoms with Gasteiger partial charge in [-0.05, 0) is 148 Å². The molecule has 0 saturated heterocycles. The maximum Gasteiger partial charge on any atom is 0.530 e. The predicted octanol–water partition coefficient (Wildman–Crippen LogP) is 13.7. The quantitative estimate of drug-likeness (QED) is 0.112. The van der Waals surface area contributed by atoms with Gasteiger partial charge in [0.25, 0.3) is 0 Å². The highest BCUT2D eigenvalue weighted by molar-refractivity contribution is 7.43. The lowest BCUT2D eigenvalue weighted by molar-refractivity contribution is 0.329. The number of aryl methyl sites for hydroxylation is 6. The first-order valence-electron chi connectivity index (χ1n) is 17.5. The maximum absolute atomic E-state index is 6.49. The number of benzene rings is 5. The summed E-state index contributed by atoms with van der Waals surface area (Å²) in [6.07, 6.45) is 4.18. The SMILES string of the molecule is CC1=CCCC(C)=C1OP(Oc1ccc(-c2ccc(OP(Oc3c(C)cccc3C)Oc3c(C)cccc3C)cc2)cc1)Oc1c(C)cccc1C. The third kappa shape index (κ3) is 8.99. The van der Waals surface area contributed by atoms with Crippen molar-refractivity contribution in [1.82, 2.24) is 0 Å². The molecule has 0 saturated carbocycles. The van der Waals surface area contributed by atoms with Crippen LogP contribution in [0.15, 0.2) is 126 Å². The van der Waals surface area contributed by atoms with Gasteiger partial charge in [-0.25, -0.2) is 0 Å². The second-order valence-corrected chi connectivity index (χ2v) is 15.2. The number of para-hydroxylation sites is 3. The summed E-state index contributed by atoms with van der Waals surface area (Å²) in [5.41, 5.74) is 10.5. The highest BCUT2D eigenvalue weighted by atomic mass is 31.2. The van der Waals surface area contributed by atoms with Crippen LogP contribution >= 0.6 is 17.2 Å². The third-order valence-corrected chi connectivity index (χ3v) is 11.1. The lowest BCUT2D eigenvalue weighted by Gasteiger charge is -2.24. The van der Waals surface area contributed by atoms with E-state index in [0.717, 1.165) is 85.9 Å². The lowest BCUT2D eigenvalue weighted by atomic mass is 10.00. The van der Waals surface area contributed by atoms with E-state index in [4.69, 9.17) is 27.1 Å². The zero-order valence-corrected chi connectivity index (χ0v) is 32.9. The number of rotatable bonds is 13. The Morgan fingerprint density at radius 3 is 1.10 bits per heavy atom. The van der Waals surface area contributed by atoms with E-state index >= 15 is 0 Å². The van der Waals surface area contributed by atoms with Crippen LogP contribution < -0.4 is 22.6 Å². The van der Waals surface area contributed by atoms with Crippen molar-refractivity contribution < 1.29 is 27.1 Å². The Hall–Kier alpha value is -4.76. The van der Waals surface area contributed by atoms with Gasteiger partial charge in [0.1, 0.15) is 34.5 Å². The molecule has 0 aromatic heterocycles. The molecule has 0 fully saturated rings. The highest BCUT2D eigenvalue weighted by Gasteiger charge is 2.26. The summed E-state index contributed by atoms with van der Waals surface area (Å²) in [7, 11) is -3.59. The average Bonchev–Trinajstić information content (AvgIpc) is 3.12. The number of hydrogen-bond acceptors (Lipinski definition) is 6. The first-order valence-corrected chi connectivity index (χ1v) is 19.7. The molecule has 0 N–H and O–H groups in total. The molecule has 0 aliphatic heterocycles. The second kappa shape index (κ2) is 16.7. The first kappa shape index (κ1) is 37.0. The molecule has 1 aliphatic rings. The minimum atomic E-state index is -1.81. The van der Waals surface area contributed by atoms with Crippen molar-refractivity contribution in [3.8, 4) is 39.9 Å². The summed E-state index contributed by atoms with van der Waals surface area (Å²) >= 11 is 0. The van der Waals surface area contributed by atoms with Gasteiger partial charge in [-0.2, -0.15) is 0 Å². The van der Waals surface area contributed by atoms with Crippen LogP contribution in [0.25, 0.3) is 11.1 Å². The molecule has 5 aromatic rings. The van der Waals surface area contributed by atoms with Gasteiger partial charge in [0.2, 0.25) is 0 Å². The van der Waals surface area contributed by atoms with Crippen LogP contribution in [0.3, 0.4) is 0 Å². The summed E-state index contributed by atoms with van der Waals surface area (Å²) in [6.45, 7) is 16.4. The monoisotopic (exact) mass is 732 g/mol. The highest BCUT2D eigenvalue weighted by Crippen LogP contribution is 2.49. The molecule has 0 spiro atoms. The molecule has 0 radical (unpaired) electrons. The Labute approximate surface area is 311 Å². The zero-order valence-electron chi connectivity index (χ0n) is 31.2. The van der Waals surface area contributed by atoms with E-state index in [2.05, 4.69) is 19.9 Å². The number of allylic oxidation sites excluding steroid dienone is 3. The van der Waals surface area contributed by atoms with Crippen molar-refractivity contribution in [3.63, 3.8) is 0 Å². The summed E-state index contributed by atoms with van der Waals surface area (Å²) in [5, 5.41) is 0. The van der Waals surface area contributed by atoms with Gasteiger partial charge in [-0.1, -0.05) is 84.9 Å². The molecule has 6 rings (SSSR count). The van der Waals surface area contributed by atoms with Crippen molar-refractivity contribution in [2.45, 2.75) is 68.2 Å². The summed E-state index contributed by atoms with van der Waals surface area (Å²) in [6, 6.07) is 34.2. The molecular weight excluding hydrogens is 686 g/mol. The van der Waals surface area contributed by atoms with Crippen LogP contribution in [0.2, 0.25) is 0 Å². The molecule has 0 amide bonds. The van der Waals surface area contributed by atoms with Crippen molar-refractivity contribution in [3.05, 3.63) is 159 Å². The van der Waals surface area contributed by atoms with E-state index in [1.165, 1.54) is 5.57 Å². The minimum absolute atomic E-state index is 0.649. The van der Waals surface area contributed by atoms with Crippen LogP contribution in [0.5, 0.6) is 28.7 Å². The van der Waals surface area contributed by atoms with E-state index in [1.807, 2.05) is 145 Å². The van der Waals surface area contributed by atoms with Crippen LogP contribution in [-0.4, -0.2) is 0 Å². The summed E-state index contributed by atoms with van der Waals surface area (Å²) in [5.74, 6) is 4.48. The van der Waals surface area contributed by atoms with Gasteiger partial charge in [0, 0.05) is 0 Å². The van der Waals surface area contributed by atoms with Crippen molar-refractivity contribution >= 4 is 17.2 Å². The Kier molecular flexibility index (Phi) is 11.9. The molecule has 5 aromatic carbocycles. The fourth-order valence-electron chi connectivity index (χ4n) is 6.03. The zero-order chi connectivity index (χ0) is 36.8. The topological polar surface area (TPSA) is 55.4 Å². The molecule has 8 heteroatoms. The Balaban J connectivity index is 1.19.